The van der Waals surface area contributed by atoms with Gasteiger partial charge < -0.3 is 14.6 Å². The average molecular weight is 362 g/mol. The van der Waals surface area contributed by atoms with Gasteiger partial charge in [-0.15, -0.1) is 0 Å². The minimum atomic E-state index is -0.328. The molecule has 1 fully saturated rings. The number of para-hydroxylation sites is 1. The summed E-state index contributed by atoms with van der Waals surface area (Å²) in [5.41, 5.74) is 1.76. The number of methoxy groups -OCH3 is 1. The maximum Gasteiger partial charge on any atom is 0.261 e. The summed E-state index contributed by atoms with van der Waals surface area (Å²) in [5, 5.41) is 0.865. The van der Waals surface area contributed by atoms with Crippen molar-refractivity contribution in [3.8, 4) is 5.75 Å². The molecule has 27 heavy (non-hydrogen) atoms. The summed E-state index contributed by atoms with van der Waals surface area (Å²) in [6, 6.07) is 17.2. The molecule has 0 spiro atoms. The summed E-state index contributed by atoms with van der Waals surface area (Å²) in [4.78, 5) is 30.2. The van der Waals surface area contributed by atoms with Gasteiger partial charge in [-0.25, -0.2) is 0 Å². The third kappa shape index (κ3) is 3.45. The molecule has 3 aromatic rings. The Hall–Kier alpha value is -3.08. The highest BCUT2D eigenvalue weighted by Gasteiger charge is 2.30. The van der Waals surface area contributed by atoms with Crippen molar-refractivity contribution in [2.75, 3.05) is 13.7 Å². The molecule has 1 aromatic heterocycles. The zero-order valence-corrected chi connectivity index (χ0v) is 15.3. The number of benzene rings is 2. The lowest BCUT2D eigenvalue weighted by Crippen LogP contribution is -2.39. The Morgan fingerprint density at radius 3 is 2.89 bits per heavy atom. The second-order valence-electron chi connectivity index (χ2n) is 6.95. The molecule has 5 nitrogen and oxygen atoms in total. The predicted molar refractivity (Wildman–Crippen MR) is 105 cm³/mol. The third-order valence-corrected chi connectivity index (χ3v) is 5.23. The lowest BCUT2D eigenvalue weighted by molar-refractivity contribution is 0.0735. The minimum Gasteiger partial charge on any atom is -0.497 e. The van der Waals surface area contributed by atoms with E-state index in [1.54, 1.807) is 13.2 Å². The standard InChI is InChI=1S/C22H22N2O3/c1-27-18-9-4-6-15(13-18)12-17-8-5-11-24(17)22(26)19-14-16-7-2-3-10-20(16)23-21(19)25/h2-4,6-7,9-10,13-14,17H,5,8,11-12H2,1H3,(H,23,25). The maximum absolute atomic E-state index is 13.1. The summed E-state index contributed by atoms with van der Waals surface area (Å²) in [5.74, 6) is 0.627. The highest BCUT2D eigenvalue weighted by Crippen LogP contribution is 2.24. The molecule has 1 unspecified atom stereocenters. The topological polar surface area (TPSA) is 62.4 Å². The van der Waals surface area contributed by atoms with Gasteiger partial charge in [0.2, 0.25) is 0 Å². The zero-order valence-electron chi connectivity index (χ0n) is 15.3. The number of rotatable bonds is 4. The number of hydrogen-bond donors (Lipinski definition) is 1. The van der Waals surface area contributed by atoms with Crippen LogP contribution in [0.2, 0.25) is 0 Å². The van der Waals surface area contributed by atoms with Crippen molar-refractivity contribution < 1.29 is 9.53 Å². The molecule has 0 bridgehead atoms. The molecule has 5 heteroatoms. The number of aromatic nitrogens is 1. The molecular weight excluding hydrogens is 340 g/mol. The van der Waals surface area contributed by atoms with Crippen molar-refractivity contribution in [2.24, 2.45) is 0 Å². The predicted octanol–water partition coefficient (Wildman–Crippen LogP) is 3.38. The Bertz CT molecular complexity index is 1040. The van der Waals surface area contributed by atoms with Gasteiger partial charge in [0.1, 0.15) is 11.3 Å². The average Bonchev–Trinajstić information content (AvgIpc) is 3.15. The Morgan fingerprint density at radius 1 is 1.19 bits per heavy atom. The van der Waals surface area contributed by atoms with Crippen molar-refractivity contribution in [1.82, 2.24) is 9.88 Å². The fourth-order valence-electron chi connectivity index (χ4n) is 3.85. The molecule has 1 aliphatic rings. The van der Waals surface area contributed by atoms with Gasteiger partial charge in [-0.1, -0.05) is 30.3 Å². The van der Waals surface area contributed by atoms with Crippen molar-refractivity contribution in [3.63, 3.8) is 0 Å². The second kappa shape index (κ2) is 7.27. The van der Waals surface area contributed by atoms with E-state index in [-0.39, 0.29) is 23.1 Å². The number of carbonyl (C=O) groups excluding carboxylic acids is 1. The Labute approximate surface area is 157 Å². The Balaban J connectivity index is 1.60. The van der Waals surface area contributed by atoms with Gasteiger partial charge in [0.05, 0.1) is 7.11 Å². The van der Waals surface area contributed by atoms with Crippen LogP contribution in [0.4, 0.5) is 0 Å². The molecule has 138 valence electrons. The molecule has 4 rings (SSSR count). The van der Waals surface area contributed by atoms with Crippen LogP contribution in [-0.4, -0.2) is 35.5 Å². The number of carbonyl (C=O) groups is 1. The first-order chi connectivity index (χ1) is 13.2. The van der Waals surface area contributed by atoms with Crippen LogP contribution in [-0.2, 0) is 6.42 Å². The monoisotopic (exact) mass is 362 g/mol. The molecule has 0 saturated carbocycles. The smallest absolute Gasteiger partial charge is 0.261 e. The molecule has 1 N–H and O–H groups in total. The van der Waals surface area contributed by atoms with Crippen LogP contribution in [0.25, 0.3) is 10.9 Å². The van der Waals surface area contributed by atoms with Crippen LogP contribution in [0.5, 0.6) is 5.75 Å². The molecule has 2 aromatic carbocycles. The van der Waals surface area contributed by atoms with Gasteiger partial charge in [-0.2, -0.15) is 0 Å². The van der Waals surface area contributed by atoms with E-state index in [0.717, 1.165) is 41.5 Å². The number of likely N-dealkylation sites (tertiary alicyclic amines) is 1. The van der Waals surface area contributed by atoms with E-state index < -0.39 is 0 Å². The maximum atomic E-state index is 13.1. The number of ether oxygens (including phenoxy) is 1. The van der Waals surface area contributed by atoms with Gasteiger partial charge in [0.15, 0.2) is 0 Å². The molecule has 1 aliphatic heterocycles. The lowest BCUT2D eigenvalue weighted by Gasteiger charge is -2.25. The van der Waals surface area contributed by atoms with Gasteiger partial charge in [-0.05, 0) is 54.5 Å². The molecule has 1 saturated heterocycles. The number of fused-ring (bicyclic) bond motifs is 1. The fraction of sp³-hybridized carbons (Fsp3) is 0.273. The van der Waals surface area contributed by atoms with Crippen molar-refractivity contribution in [2.45, 2.75) is 25.3 Å². The van der Waals surface area contributed by atoms with E-state index in [0.29, 0.717) is 6.54 Å². The molecule has 0 aliphatic carbocycles. The van der Waals surface area contributed by atoms with E-state index in [1.165, 1.54) is 0 Å². The number of nitrogens with zero attached hydrogens (tertiary/aromatic N) is 1. The highest BCUT2D eigenvalue weighted by atomic mass is 16.5. The second-order valence-corrected chi connectivity index (χ2v) is 6.95. The van der Waals surface area contributed by atoms with E-state index >= 15 is 0 Å². The minimum absolute atomic E-state index is 0.0930. The molecular formula is C22H22N2O3. The first-order valence-corrected chi connectivity index (χ1v) is 9.21. The summed E-state index contributed by atoms with van der Waals surface area (Å²) in [6.07, 6.45) is 2.65. The van der Waals surface area contributed by atoms with Crippen LogP contribution >= 0.6 is 0 Å². The van der Waals surface area contributed by atoms with Gasteiger partial charge in [0, 0.05) is 18.1 Å². The number of pyridine rings is 1. The third-order valence-electron chi connectivity index (χ3n) is 5.23. The molecule has 0 radical (unpaired) electrons. The normalized spacial score (nSPS) is 16.6. The summed E-state index contributed by atoms with van der Waals surface area (Å²) in [7, 11) is 1.65. The number of H-pyrrole nitrogens is 1. The summed E-state index contributed by atoms with van der Waals surface area (Å²) < 4.78 is 5.29. The SMILES string of the molecule is COc1cccc(CC2CCCN2C(=O)c2cc3ccccc3[nH]c2=O)c1. The summed E-state index contributed by atoms with van der Waals surface area (Å²) >= 11 is 0. The first-order valence-electron chi connectivity index (χ1n) is 9.21. The Kier molecular flexibility index (Phi) is 4.67. The van der Waals surface area contributed by atoms with Crippen LogP contribution in [0.15, 0.2) is 59.4 Å². The van der Waals surface area contributed by atoms with Crippen LogP contribution in [0.3, 0.4) is 0 Å². The fourth-order valence-corrected chi connectivity index (χ4v) is 3.85. The van der Waals surface area contributed by atoms with Gasteiger partial charge in [-0.3, -0.25) is 9.59 Å². The van der Waals surface area contributed by atoms with E-state index in [2.05, 4.69) is 4.98 Å². The lowest BCUT2D eigenvalue weighted by atomic mass is 10.0. The van der Waals surface area contributed by atoms with E-state index in [4.69, 9.17) is 4.74 Å². The van der Waals surface area contributed by atoms with Crippen LogP contribution in [0.1, 0.15) is 28.8 Å². The van der Waals surface area contributed by atoms with Crippen LogP contribution in [0, 0.1) is 0 Å². The number of hydrogen-bond acceptors (Lipinski definition) is 3. The van der Waals surface area contributed by atoms with E-state index in [1.807, 2.05) is 53.4 Å². The zero-order chi connectivity index (χ0) is 18.8. The quantitative estimate of drug-likeness (QED) is 0.774. The Morgan fingerprint density at radius 2 is 2.04 bits per heavy atom. The highest BCUT2D eigenvalue weighted by molar-refractivity contribution is 5.97. The number of nitrogens with one attached hydrogen (secondary N) is 1. The largest absolute Gasteiger partial charge is 0.497 e. The number of amides is 1. The summed E-state index contributed by atoms with van der Waals surface area (Å²) in [6.45, 7) is 0.680. The first kappa shape index (κ1) is 17.3. The van der Waals surface area contributed by atoms with Gasteiger partial charge in [0.25, 0.3) is 11.5 Å². The van der Waals surface area contributed by atoms with Gasteiger partial charge >= 0.3 is 0 Å². The van der Waals surface area contributed by atoms with Crippen molar-refractivity contribution in [3.05, 3.63) is 76.1 Å². The number of aromatic amines is 1. The van der Waals surface area contributed by atoms with Crippen molar-refractivity contribution in [1.29, 1.82) is 0 Å². The van der Waals surface area contributed by atoms with Crippen molar-refractivity contribution >= 4 is 16.8 Å². The molecule has 2 heterocycles. The van der Waals surface area contributed by atoms with E-state index in [9.17, 15) is 9.59 Å². The molecule has 1 atom stereocenters. The molecule has 1 amide bonds. The van der Waals surface area contributed by atoms with Crippen LogP contribution < -0.4 is 10.3 Å².